The molecule has 96 valence electrons. The quantitative estimate of drug-likeness (QED) is 0.827. The number of hydrogen-bond acceptors (Lipinski definition) is 3. The molecule has 0 aliphatic carbocycles. The molecule has 18 heavy (non-hydrogen) atoms. The summed E-state index contributed by atoms with van der Waals surface area (Å²) in [4.78, 5) is 11.5. The molecule has 0 unspecified atom stereocenters. The van der Waals surface area contributed by atoms with Crippen molar-refractivity contribution in [2.75, 3.05) is 13.1 Å². The molecule has 0 bridgehead atoms. The molecule has 2 aromatic rings. The van der Waals surface area contributed by atoms with E-state index in [2.05, 4.69) is 38.1 Å². The first-order valence-electron chi connectivity index (χ1n) is 5.83. The zero-order valence-corrected chi connectivity index (χ0v) is 12.3. The van der Waals surface area contributed by atoms with Gasteiger partial charge < -0.3 is 9.88 Å². The van der Waals surface area contributed by atoms with Crippen molar-refractivity contribution in [3.05, 3.63) is 55.5 Å². The Morgan fingerprint density at radius 2 is 2.17 bits per heavy atom. The van der Waals surface area contributed by atoms with Gasteiger partial charge in [0.1, 0.15) is 0 Å². The lowest BCUT2D eigenvalue weighted by molar-refractivity contribution is 0.585. The van der Waals surface area contributed by atoms with Gasteiger partial charge in [-0.3, -0.25) is 4.79 Å². The second-order valence-electron chi connectivity index (χ2n) is 4.01. The molecule has 1 N–H and O–H groups in total. The zero-order valence-electron chi connectivity index (χ0n) is 9.93. The third kappa shape index (κ3) is 4.08. The Morgan fingerprint density at radius 3 is 2.94 bits per heavy atom. The van der Waals surface area contributed by atoms with Crippen LogP contribution in [0.1, 0.15) is 5.56 Å². The highest BCUT2D eigenvalue weighted by atomic mass is 79.9. The Kier molecular flexibility index (Phi) is 5.16. The molecule has 2 aromatic heterocycles. The largest absolute Gasteiger partial charge is 0.315 e. The lowest BCUT2D eigenvalue weighted by Gasteiger charge is -2.07. The van der Waals surface area contributed by atoms with E-state index in [0.717, 1.165) is 24.0 Å². The Labute approximate surface area is 119 Å². The summed E-state index contributed by atoms with van der Waals surface area (Å²) in [6.07, 6.45) is 2.86. The van der Waals surface area contributed by atoms with Crippen LogP contribution in [0, 0.1) is 0 Å². The van der Waals surface area contributed by atoms with Crippen molar-refractivity contribution in [2.24, 2.45) is 0 Å². The van der Waals surface area contributed by atoms with Gasteiger partial charge in [0, 0.05) is 29.8 Å². The van der Waals surface area contributed by atoms with Crippen molar-refractivity contribution in [3.8, 4) is 0 Å². The zero-order chi connectivity index (χ0) is 12.8. The summed E-state index contributed by atoms with van der Waals surface area (Å²) < 4.78 is 2.64. The van der Waals surface area contributed by atoms with Gasteiger partial charge in [0.05, 0.1) is 0 Å². The Morgan fingerprint density at radius 1 is 1.28 bits per heavy atom. The molecule has 0 spiro atoms. The van der Waals surface area contributed by atoms with E-state index >= 15 is 0 Å². The highest BCUT2D eigenvalue weighted by molar-refractivity contribution is 9.10. The van der Waals surface area contributed by atoms with E-state index in [0.29, 0.717) is 6.54 Å². The first kappa shape index (κ1) is 13.5. The standard InChI is InChI=1S/C13H15BrN2OS/c14-12-1-2-13(17)16(9-12)7-6-15-5-3-11-4-8-18-10-11/h1-2,4,8-10,15H,3,5-7H2. The summed E-state index contributed by atoms with van der Waals surface area (Å²) in [7, 11) is 0. The van der Waals surface area contributed by atoms with Crippen molar-refractivity contribution in [1.82, 2.24) is 9.88 Å². The van der Waals surface area contributed by atoms with Gasteiger partial charge in [-0.1, -0.05) is 0 Å². The van der Waals surface area contributed by atoms with Crippen LogP contribution in [0.3, 0.4) is 0 Å². The van der Waals surface area contributed by atoms with Gasteiger partial charge in [-0.15, -0.1) is 0 Å². The van der Waals surface area contributed by atoms with Crippen LogP contribution in [0.25, 0.3) is 0 Å². The second-order valence-corrected chi connectivity index (χ2v) is 5.71. The number of nitrogens with one attached hydrogen (secondary N) is 1. The summed E-state index contributed by atoms with van der Waals surface area (Å²) in [6, 6.07) is 5.49. The van der Waals surface area contributed by atoms with Crippen LogP contribution in [0.15, 0.2) is 44.4 Å². The fourth-order valence-corrected chi connectivity index (χ4v) is 2.75. The number of halogens is 1. The van der Waals surface area contributed by atoms with Crippen LogP contribution in [0.5, 0.6) is 0 Å². The lowest BCUT2D eigenvalue weighted by atomic mass is 10.2. The predicted octanol–water partition coefficient (Wildman–Crippen LogP) is 2.50. The highest BCUT2D eigenvalue weighted by Gasteiger charge is 1.97. The van der Waals surface area contributed by atoms with Crippen molar-refractivity contribution in [3.63, 3.8) is 0 Å². The highest BCUT2D eigenvalue weighted by Crippen LogP contribution is 2.06. The molecule has 3 nitrogen and oxygen atoms in total. The first-order chi connectivity index (χ1) is 8.75. The summed E-state index contributed by atoms with van der Waals surface area (Å²) in [5.41, 5.74) is 1.41. The maximum atomic E-state index is 11.5. The molecule has 5 heteroatoms. The number of hydrogen-bond donors (Lipinski definition) is 1. The van der Waals surface area contributed by atoms with E-state index in [-0.39, 0.29) is 5.56 Å². The molecule has 2 heterocycles. The summed E-state index contributed by atoms with van der Waals surface area (Å²) in [5.74, 6) is 0. The van der Waals surface area contributed by atoms with Crippen LogP contribution in [-0.4, -0.2) is 17.7 Å². The smallest absolute Gasteiger partial charge is 0.250 e. The van der Waals surface area contributed by atoms with E-state index in [4.69, 9.17) is 0 Å². The first-order valence-corrected chi connectivity index (χ1v) is 7.57. The molecule has 0 saturated heterocycles. The maximum Gasteiger partial charge on any atom is 0.250 e. The minimum absolute atomic E-state index is 0.0397. The van der Waals surface area contributed by atoms with Gasteiger partial charge in [-0.2, -0.15) is 11.3 Å². The van der Waals surface area contributed by atoms with Crippen LogP contribution in [-0.2, 0) is 13.0 Å². The number of rotatable bonds is 6. The van der Waals surface area contributed by atoms with Crippen LogP contribution in [0.4, 0.5) is 0 Å². The fraction of sp³-hybridized carbons (Fsp3) is 0.308. The molecule has 0 radical (unpaired) electrons. The minimum atomic E-state index is 0.0397. The van der Waals surface area contributed by atoms with Gasteiger partial charge in [-0.25, -0.2) is 0 Å². The molecular weight excluding hydrogens is 312 g/mol. The molecule has 0 amide bonds. The van der Waals surface area contributed by atoms with Gasteiger partial charge in [0.2, 0.25) is 0 Å². The van der Waals surface area contributed by atoms with Crippen molar-refractivity contribution in [2.45, 2.75) is 13.0 Å². The molecule has 0 aliphatic rings. The van der Waals surface area contributed by atoms with E-state index < -0.39 is 0 Å². The van der Waals surface area contributed by atoms with E-state index in [9.17, 15) is 4.79 Å². The van der Waals surface area contributed by atoms with E-state index in [1.165, 1.54) is 5.56 Å². The third-order valence-electron chi connectivity index (χ3n) is 2.65. The molecule has 0 fully saturated rings. The number of thiophene rings is 1. The van der Waals surface area contributed by atoms with Crippen LogP contribution < -0.4 is 10.9 Å². The molecular formula is C13H15BrN2OS. The van der Waals surface area contributed by atoms with Gasteiger partial charge >= 0.3 is 0 Å². The van der Waals surface area contributed by atoms with Crippen molar-refractivity contribution < 1.29 is 0 Å². The summed E-state index contributed by atoms with van der Waals surface area (Å²) in [5, 5.41) is 7.61. The van der Waals surface area contributed by atoms with Gasteiger partial charge in [-0.05, 0) is 57.4 Å². The van der Waals surface area contributed by atoms with Crippen molar-refractivity contribution in [1.29, 1.82) is 0 Å². The Bertz CT molecular complexity index is 536. The van der Waals surface area contributed by atoms with Gasteiger partial charge in [0.25, 0.3) is 5.56 Å². The molecule has 0 aliphatic heterocycles. The van der Waals surface area contributed by atoms with Gasteiger partial charge in [0.15, 0.2) is 0 Å². The number of nitrogens with zero attached hydrogens (tertiary/aromatic N) is 1. The minimum Gasteiger partial charge on any atom is -0.315 e. The normalized spacial score (nSPS) is 10.7. The molecule has 2 rings (SSSR count). The Balaban J connectivity index is 1.72. The fourth-order valence-electron chi connectivity index (χ4n) is 1.67. The average Bonchev–Trinajstić information content (AvgIpc) is 2.86. The monoisotopic (exact) mass is 326 g/mol. The second kappa shape index (κ2) is 6.87. The summed E-state index contributed by atoms with van der Waals surface area (Å²) >= 11 is 5.09. The van der Waals surface area contributed by atoms with Crippen molar-refractivity contribution >= 4 is 27.3 Å². The van der Waals surface area contributed by atoms with Crippen LogP contribution >= 0.6 is 27.3 Å². The average molecular weight is 327 g/mol. The molecule has 0 atom stereocenters. The predicted molar refractivity (Wildman–Crippen MR) is 79.3 cm³/mol. The Hall–Kier alpha value is -0.910. The molecule has 0 aromatic carbocycles. The van der Waals surface area contributed by atoms with E-state index in [1.54, 1.807) is 28.0 Å². The SMILES string of the molecule is O=c1ccc(Br)cn1CCNCCc1ccsc1. The number of pyridine rings is 1. The molecule has 0 saturated carbocycles. The van der Waals surface area contributed by atoms with Crippen LogP contribution in [0.2, 0.25) is 0 Å². The number of aromatic nitrogens is 1. The third-order valence-corrected chi connectivity index (χ3v) is 3.85. The lowest BCUT2D eigenvalue weighted by Crippen LogP contribution is -2.27. The van der Waals surface area contributed by atoms with E-state index in [1.807, 2.05) is 6.20 Å². The maximum absolute atomic E-state index is 11.5. The summed E-state index contributed by atoms with van der Waals surface area (Å²) in [6.45, 7) is 2.45. The topological polar surface area (TPSA) is 34.0 Å².